The van der Waals surface area contributed by atoms with Gasteiger partial charge in [0.2, 0.25) is 0 Å². The van der Waals surface area contributed by atoms with Crippen LogP contribution in [-0.2, 0) is 0 Å². The summed E-state index contributed by atoms with van der Waals surface area (Å²) in [5.41, 5.74) is 2.30. The van der Waals surface area contributed by atoms with Crippen molar-refractivity contribution in [3.05, 3.63) is 59.1 Å². The SMILES string of the molecule is S=C(Nc1ccccc1Br)N1CCN(c2ccccc2)CC1. The number of hydrogen-bond donors (Lipinski definition) is 1. The lowest BCUT2D eigenvalue weighted by Crippen LogP contribution is -2.50. The summed E-state index contributed by atoms with van der Waals surface area (Å²) in [6, 6.07) is 18.6. The third-order valence-corrected chi connectivity index (χ3v) is 4.86. The highest BCUT2D eigenvalue weighted by molar-refractivity contribution is 9.10. The first-order valence-corrected chi connectivity index (χ1v) is 8.54. The third-order valence-electron chi connectivity index (χ3n) is 3.80. The van der Waals surface area contributed by atoms with Crippen LogP contribution in [0, 0.1) is 0 Å². The lowest BCUT2D eigenvalue weighted by molar-refractivity contribution is 0.391. The fourth-order valence-corrected chi connectivity index (χ4v) is 3.24. The highest BCUT2D eigenvalue weighted by atomic mass is 79.9. The third kappa shape index (κ3) is 3.59. The topological polar surface area (TPSA) is 18.5 Å². The van der Waals surface area contributed by atoms with E-state index in [2.05, 4.69) is 61.4 Å². The molecule has 0 radical (unpaired) electrons. The van der Waals surface area contributed by atoms with Crippen molar-refractivity contribution in [1.82, 2.24) is 4.90 Å². The molecule has 114 valence electrons. The quantitative estimate of drug-likeness (QED) is 0.800. The largest absolute Gasteiger partial charge is 0.368 e. The Balaban J connectivity index is 1.57. The van der Waals surface area contributed by atoms with Crippen molar-refractivity contribution in [2.75, 3.05) is 36.4 Å². The van der Waals surface area contributed by atoms with Crippen LogP contribution in [0.2, 0.25) is 0 Å². The molecule has 1 aliphatic rings. The van der Waals surface area contributed by atoms with E-state index in [4.69, 9.17) is 12.2 Å². The first-order chi connectivity index (χ1) is 10.7. The summed E-state index contributed by atoms with van der Waals surface area (Å²) in [7, 11) is 0. The summed E-state index contributed by atoms with van der Waals surface area (Å²) in [6.07, 6.45) is 0. The van der Waals surface area contributed by atoms with Gasteiger partial charge in [0.05, 0.1) is 5.69 Å². The van der Waals surface area contributed by atoms with Gasteiger partial charge in [0.15, 0.2) is 5.11 Å². The van der Waals surface area contributed by atoms with E-state index in [1.54, 1.807) is 0 Å². The van der Waals surface area contributed by atoms with Gasteiger partial charge in [-0.2, -0.15) is 0 Å². The number of halogens is 1. The molecule has 1 N–H and O–H groups in total. The predicted molar refractivity (Wildman–Crippen MR) is 101 cm³/mol. The van der Waals surface area contributed by atoms with Gasteiger partial charge in [0.1, 0.15) is 0 Å². The minimum atomic E-state index is 0.791. The van der Waals surface area contributed by atoms with E-state index < -0.39 is 0 Å². The maximum Gasteiger partial charge on any atom is 0.173 e. The molecule has 22 heavy (non-hydrogen) atoms. The molecule has 5 heteroatoms. The van der Waals surface area contributed by atoms with E-state index in [0.29, 0.717) is 0 Å². The fourth-order valence-electron chi connectivity index (χ4n) is 2.56. The molecule has 3 nitrogen and oxygen atoms in total. The number of thiocarbonyl (C=S) groups is 1. The van der Waals surface area contributed by atoms with E-state index in [1.165, 1.54) is 5.69 Å². The predicted octanol–water partition coefficient (Wildman–Crippen LogP) is 3.97. The van der Waals surface area contributed by atoms with Crippen molar-refractivity contribution in [3.8, 4) is 0 Å². The second kappa shape index (κ2) is 7.11. The number of benzene rings is 2. The molecular weight excluding hydrogens is 358 g/mol. The van der Waals surface area contributed by atoms with Crippen LogP contribution in [0.5, 0.6) is 0 Å². The average Bonchev–Trinajstić information content (AvgIpc) is 2.58. The van der Waals surface area contributed by atoms with Crippen LogP contribution in [0.4, 0.5) is 11.4 Å². The van der Waals surface area contributed by atoms with Gasteiger partial charge >= 0.3 is 0 Å². The Labute approximate surface area is 145 Å². The molecule has 1 heterocycles. The fraction of sp³-hybridized carbons (Fsp3) is 0.235. The molecule has 0 bridgehead atoms. The molecule has 0 amide bonds. The van der Waals surface area contributed by atoms with Gasteiger partial charge in [0.25, 0.3) is 0 Å². The van der Waals surface area contributed by atoms with E-state index in [0.717, 1.165) is 41.5 Å². The Morgan fingerprint density at radius 3 is 2.23 bits per heavy atom. The summed E-state index contributed by atoms with van der Waals surface area (Å²) >= 11 is 9.09. The Morgan fingerprint density at radius 1 is 0.909 bits per heavy atom. The summed E-state index contributed by atoms with van der Waals surface area (Å²) in [4.78, 5) is 4.63. The zero-order chi connectivity index (χ0) is 15.4. The Bertz CT molecular complexity index is 639. The van der Waals surface area contributed by atoms with E-state index >= 15 is 0 Å². The molecule has 0 saturated carbocycles. The van der Waals surface area contributed by atoms with Crippen molar-refractivity contribution >= 4 is 44.6 Å². The van der Waals surface area contributed by atoms with Crippen LogP contribution in [0.3, 0.4) is 0 Å². The van der Waals surface area contributed by atoms with Gasteiger partial charge < -0.3 is 15.1 Å². The molecule has 0 spiro atoms. The van der Waals surface area contributed by atoms with Gasteiger partial charge in [0, 0.05) is 36.3 Å². The maximum atomic E-state index is 5.55. The van der Waals surface area contributed by atoms with Crippen LogP contribution < -0.4 is 10.2 Å². The van der Waals surface area contributed by atoms with Gasteiger partial charge in [-0.25, -0.2) is 0 Å². The minimum absolute atomic E-state index is 0.791. The van der Waals surface area contributed by atoms with E-state index in [-0.39, 0.29) is 0 Å². The van der Waals surface area contributed by atoms with Crippen molar-refractivity contribution in [2.24, 2.45) is 0 Å². The smallest absolute Gasteiger partial charge is 0.173 e. The number of rotatable bonds is 2. The molecule has 1 aliphatic heterocycles. The van der Waals surface area contributed by atoms with Gasteiger partial charge in [-0.3, -0.25) is 0 Å². The first kappa shape index (κ1) is 15.3. The van der Waals surface area contributed by atoms with Crippen molar-refractivity contribution in [3.63, 3.8) is 0 Å². The highest BCUT2D eigenvalue weighted by Crippen LogP contribution is 2.22. The molecule has 2 aromatic carbocycles. The molecule has 0 atom stereocenters. The van der Waals surface area contributed by atoms with E-state index in [9.17, 15) is 0 Å². The van der Waals surface area contributed by atoms with Crippen LogP contribution >= 0.6 is 28.1 Å². The Hall–Kier alpha value is -1.59. The highest BCUT2D eigenvalue weighted by Gasteiger charge is 2.19. The van der Waals surface area contributed by atoms with E-state index in [1.807, 2.05) is 24.3 Å². The van der Waals surface area contributed by atoms with Gasteiger partial charge in [-0.15, -0.1) is 0 Å². The molecule has 1 saturated heterocycles. The maximum absolute atomic E-state index is 5.55. The standard InChI is InChI=1S/C17H18BrN3S/c18-15-8-4-5-9-16(15)19-17(22)21-12-10-20(11-13-21)14-6-2-1-3-7-14/h1-9H,10-13H2,(H,19,22). The summed E-state index contributed by atoms with van der Waals surface area (Å²) in [5.74, 6) is 0. The number of nitrogens with zero attached hydrogens (tertiary/aromatic N) is 2. The molecule has 0 aromatic heterocycles. The molecule has 1 fully saturated rings. The number of para-hydroxylation sites is 2. The van der Waals surface area contributed by atoms with Crippen LogP contribution in [0.15, 0.2) is 59.1 Å². The normalized spacial score (nSPS) is 14.8. The lowest BCUT2D eigenvalue weighted by Gasteiger charge is -2.37. The van der Waals surface area contributed by atoms with Crippen LogP contribution in [0.1, 0.15) is 0 Å². The zero-order valence-electron chi connectivity index (χ0n) is 12.2. The summed E-state index contributed by atoms with van der Waals surface area (Å²) < 4.78 is 1.03. The number of piperazine rings is 1. The van der Waals surface area contributed by atoms with Gasteiger partial charge in [-0.1, -0.05) is 30.3 Å². The first-order valence-electron chi connectivity index (χ1n) is 7.34. The lowest BCUT2D eigenvalue weighted by atomic mass is 10.2. The average molecular weight is 376 g/mol. The molecule has 0 aliphatic carbocycles. The molecule has 3 rings (SSSR count). The van der Waals surface area contributed by atoms with Crippen molar-refractivity contribution < 1.29 is 0 Å². The van der Waals surface area contributed by atoms with Crippen molar-refractivity contribution in [1.29, 1.82) is 0 Å². The molecule has 0 unspecified atom stereocenters. The number of hydrogen-bond acceptors (Lipinski definition) is 2. The molecular formula is C17H18BrN3S. The monoisotopic (exact) mass is 375 g/mol. The number of nitrogens with one attached hydrogen (secondary N) is 1. The second-order valence-corrected chi connectivity index (χ2v) is 6.46. The summed E-state index contributed by atoms with van der Waals surface area (Å²) in [5, 5.41) is 4.12. The second-order valence-electron chi connectivity index (χ2n) is 5.22. The zero-order valence-corrected chi connectivity index (χ0v) is 14.6. The van der Waals surface area contributed by atoms with Crippen LogP contribution in [-0.4, -0.2) is 36.2 Å². The minimum Gasteiger partial charge on any atom is -0.368 e. The number of anilines is 2. The Kier molecular flexibility index (Phi) is 4.95. The van der Waals surface area contributed by atoms with Crippen molar-refractivity contribution in [2.45, 2.75) is 0 Å². The Morgan fingerprint density at radius 2 is 1.55 bits per heavy atom. The molecule has 2 aromatic rings. The van der Waals surface area contributed by atoms with Crippen LogP contribution in [0.25, 0.3) is 0 Å². The van der Waals surface area contributed by atoms with Gasteiger partial charge in [-0.05, 0) is 52.4 Å². The summed E-state index contributed by atoms with van der Waals surface area (Å²) in [6.45, 7) is 3.85.